The Balaban J connectivity index is 1.36. The van der Waals surface area contributed by atoms with Gasteiger partial charge in [0.05, 0.1) is 13.2 Å². The van der Waals surface area contributed by atoms with Crippen molar-refractivity contribution >= 4 is 5.91 Å². The second-order valence-corrected chi connectivity index (χ2v) is 6.17. The van der Waals surface area contributed by atoms with Gasteiger partial charge in [-0.05, 0) is 31.2 Å². The Morgan fingerprint density at radius 1 is 1.09 bits per heavy atom. The monoisotopic (exact) mass is 303 g/mol. The van der Waals surface area contributed by atoms with Crippen LogP contribution in [-0.4, -0.2) is 43.4 Å². The molecule has 0 bridgehead atoms. The number of piperidine rings is 1. The zero-order valence-corrected chi connectivity index (χ0v) is 13.1. The number of aryl methyl sites for hydroxylation is 1. The minimum Gasteiger partial charge on any atom is -0.350 e. The minimum absolute atomic E-state index is 0.0321. The van der Waals surface area contributed by atoms with Crippen LogP contribution in [0.25, 0.3) is 0 Å². The molecular weight excluding hydrogens is 278 g/mol. The first-order valence-corrected chi connectivity index (χ1v) is 8.38. The van der Waals surface area contributed by atoms with E-state index in [9.17, 15) is 4.79 Å². The van der Waals surface area contributed by atoms with Crippen molar-refractivity contribution in [2.24, 2.45) is 5.92 Å². The van der Waals surface area contributed by atoms with Crippen LogP contribution in [0.5, 0.6) is 0 Å². The maximum Gasteiger partial charge on any atom is 0.222 e. The van der Waals surface area contributed by atoms with Crippen molar-refractivity contribution in [2.45, 2.75) is 38.4 Å². The Morgan fingerprint density at radius 3 is 2.45 bits per heavy atom. The van der Waals surface area contributed by atoms with Crippen LogP contribution in [0.1, 0.15) is 31.2 Å². The van der Waals surface area contributed by atoms with E-state index in [2.05, 4.69) is 24.3 Å². The molecule has 0 aliphatic carbocycles. The number of benzene rings is 1. The zero-order valence-electron chi connectivity index (χ0n) is 13.1. The molecule has 0 unspecified atom stereocenters. The topological polar surface area (TPSA) is 38.8 Å². The van der Waals surface area contributed by atoms with Gasteiger partial charge in [0.2, 0.25) is 5.91 Å². The highest BCUT2D eigenvalue weighted by molar-refractivity contribution is 5.76. The summed E-state index contributed by atoms with van der Waals surface area (Å²) in [6, 6.07) is 10.4. The summed E-state index contributed by atoms with van der Waals surface area (Å²) in [5.74, 6) is 0.749. The number of nitrogens with zero attached hydrogens (tertiary/aromatic N) is 1. The van der Waals surface area contributed by atoms with E-state index in [1.165, 1.54) is 5.56 Å². The van der Waals surface area contributed by atoms with Crippen molar-refractivity contribution < 1.29 is 14.3 Å². The highest BCUT2D eigenvalue weighted by atomic mass is 16.7. The van der Waals surface area contributed by atoms with Gasteiger partial charge in [0.15, 0.2) is 6.29 Å². The molecule has 2 saturated heterocycles. The largest absolute Gasteiger partial charge is 0.350 e. The summed E-state index contributed by atoms with van der Waals surface area (Å²) < 4.78 is 11.2. The van der Waals surface area contributed by atoms with Crippen molar-refractivity contribution in [1.29, 1.82) is 0 Å². The number of amides is 1. The Hall–Kier alpha value is -1.39. The molecule has 120 valence electrons. The predicted octanol–water partition coefficient (Wildman–Crippen LogP) is 2.62. The lowest BCUT2D eigenvalue weighted by Crippen LogP contribution is -2.41. The molecule has 0 spiro atoms. The summed E-state index contributed by atoms with van der Waals surface area (Å²) in [6.45, 7) is 3.11. The molecule has 2 fully saturated rings. The van der Waals surface area contributed by atoms with Crippen LogP contribution in [0.2, 0.25) is 0 Å². The number of rotatable bonds is 5. The van der Waals surface area contributed by atoms with E-state index in [-0.39, 0.29) is 6.29 Å². The molecule has 4 heteroatoms. The summed E-state index contributed by atoms with van der Waals surface area (Å²) >= 11 is 0. The SMILES string of the molecule is O=C(CCCc1ccccc1)N1CCC(C2OCCO2)CC1. The minimum atomic E-state index is -0.0321. The Labute approximate surface area is 132 Å². The highest BCUT2D eigenvalue weighted by Gasteiger charge is 2.31. The van der Waals surface area contributed by atoms with Crippen LogP contribution >= 0.6 is 0 Å². The van der Waals surface area contributed by atoms with Crippen LogP contribution in [-0.2, 0) is 20.7 Å². The van der Waals surface area contributed by atoms with Gasteiger partial charge in [-0.2, -0.15) is 0 Å². The molecule has 4 nitrogen and oxygen atoms in total. The summed E-state index contributed by atoms with van der Waals surface area (Å²) in [5.41, 5.74) is 1.31. The standard InChI is InChI=1S/C18H25NO3/c20-17(8-4-7-15-5-2-1-3-6-15)19-11-9-16(10-12-19)18-21-13-14-22-18/h1-3,5-6,16,18H,4,7-14H2. The Morgan fingerprint density at radius 2 is 1.77 bits per heavy atom. The summed E-state index contributed by atoms with van der Waals surface area (Å²) in [6.07, 6.45) is 4.51. The second kappa shape index (κ2) is 7.75. The van der Waals surface area contributed by atoms with Gasteiger partial charge in [-0.3, -0.25) is 4.79 Å². The number of hydrogen-bond donors (Lipinski definition) is 0. The van der Waals surface area contributed by atoms with E-state index in [0.717, 1.165) is 38.8 Å². The van der Waals surface area contributed by atoms with Gasteiger partial charge in [-0.1, -0.05) is 30.3 Å². The van der Waals surface area contributed by atoms with Gasteiger partial charge >= 0.3 is 0 Å². The second-order valence-electron chi connectivity index (χ2n) is 6.17. The van der Waals surface area contributed by atoms with Gasteiger partial charge < -0.3 is 14.4 Å². The average Bonchev–Trinajstić information content (AvgIpc) is 3.10. The van der Waals surface area contributed by atoms with Gasteiger partial charge in [0, 0.05) is 25.4 Å². The third-order valence-electron chi connectivity index (χ3n) is 4.62. The van der Waals surface area contributed by atoms with E-state index in [1.807, 2.05) is 11.0 Å². The first-order valence-electron chi connectivity index (χ1n) is 8.38. The Kier molecular flexibility index (Phi) is 5.46. The summed E-state index contributed by atoms with van der Waals surface area (Å²) in [7, 11) is 0. The molecule has 1 amide bonds. The maximum atomic E-state index is 12.3. The predicted molar refractivity (Wildman–Crippen MR) is 84.4 cm³/mol. The van der Waals surface area contributed by atoms with E-state index in [0.29, 0.717) is 31.5 Å². The fraction of sp³-hybridized carbons (Fsp3) is 0.611. The van der Waals surface area contributed by atoms with E-state index < -0.39 is 0 Å². The number of hydrogen-bond acceptors (Lipinski definition) is 3. The van der Waals surface area contributed by atoms with E-state index in [4.69, 9.17) is 9.47 Å². The lowest BCUT2D eigenvalue weighted by atomic mass is 9.96. The van der Waals surface area contributed by atoms with Crippen molar-refractivity contribution in [1.82, 2.24) is 4.90 Å². The molecule has 1 aromatic carbocycles. The van der Waals surface area contributed by atoms with Crippen molar-refractivity contribution in [3.8, 4) is 0 Å². The number of carbonyl (C=O) groups excluding carboxylic acids is 1. The quantitative estimate of drug-likeness (QED) is 0.839. The van der Waals surface area contributed by atoms with Crippen LogP contribution in [0.3, 0.4) is 0 Å². The molecule has 2 aliphatic rings. The molecule has 0 N–H and O–H groups in total. The normalized spacial score (nSPS) is 20.5. The van der Waals surface area contributed by atoms with Gasteiger partial charge in [0.1, 0.15) is 0 Å². The number of ether oxygens (including phenoxy) is 2. The molecule has 0 saturated carbocycles. The smallest absolute Gasteiger partial charge is 0.222 e. The van der Waals surface area contributed by atoms with Crippen LogP contribution < -0.4 is 0 Å². The fourth-order valence-corrected chi connectivity index (χ4v) is 3.32. The molecule has 3 rings (SSSR count). The third-order valence-corrected chi connectivity index (χ3v) is 4.62. The lowest BCUT2D eigenvalue weighted by molar-refractivity contribution is -0.136. The van der Waals surface area contributed by atoms with Crippen molar-refractivity contribution in [3.63, 3.8) is 0 Å². The third kappa shape index (κ3) is 4.08. The molecular formula is C18H25NO3. The number of carbonyl (C=O) groups is 1. The van der Waals surface area contributed by atoms with E-state index in [1.54, 1.807) is 0 Å². The summed E-state index contributed by atoms with van der Waals surface area (Å²) in [5, 5.41) is 0. The molecule has 0 atom stereocenters. The van der Waals surface area contributed by atoms with Crippen molar-refractivity contribution in [2.75, 3.05) is 26.3 Å². The summed E-state index contributed by atoms with van der Waals surface area (Å²) in [4.78, 5) is 14.3. The molecule has 1 aromatic rings. The molecule has 2 heterocycles. The molecule has 0 radical (unpaired) electrons. The van der Waals surface area contributed by atoms with Crippen LogP contribution in [0.4, 0.5) is 0 Å². The first kappa shape index (κ1) is 15.5. The highest BCUT2D eigenvalue weighted by Crippen LogP contribution is 2.26. The van der Waals surface area contributed by atoms with Crippen molar-refractivity contribution in [3.05, 3.63) is 35.9 Å². The fourth-order valence-electron chi connectivity index (χ4n) is 3.32. The van der Waals surface area contributed by atoms with Gasteiger partial charge in [-0.25, -0.2) is 0 Å². The van der Waals surface area contributed by atoms with Crippen LogP contribution in [0.15, 0.2) is 30.3 Å². The first-order chi connectivity index (χ1) is 10.8. The lowest BCUT2D eigenvalue weighted by Gasteiger charge is -2.34. The molecule has 22 heavy (non-hydrogen) atoms. The van der Waals surface area contributed by atoms with Crippen LogP contribution in [0, 0.1) is 5.92 Å². The van der Waals surface area contributed by atoms with Gasteiger partial charge in [-0.15, -0.1) is 0 Å². The Bertz CT molecular complexity index is 462. The molecule has 2 aliphatic heterocycles. The van der Waals surface area contributed by atoms with Gasteiger partial charge in [0.25, 0.3) is 0 Å². The number of likely N-dealkylation sites (tertiary alicyclic amines) is 1. The maximum absolute atomic E-state index is 12.3. The van der Waals surface area contributed by atoms with E-state index >= 15 is 0 Å². The molecule has 0 aromatic heterocycles. The average molecular weight is 303 g/mol. The zero-order chi connectivity index (χ0) is 15.2.